The Morgan fingerprint density at radius 2 is 2.15 bits per heavy atom. The lowest BCUT2D eigenvalue weighted by molar-refractivity contribution is 0.0572. The smallest absolute Gasteiger partial charge is 0.255 e. The van der Waals surface area contributed by atoms with E-state index in [0.29, 0.717) is 16.4 Å². The number of pyridine rings is 1. The molecule has 1 amide bonds. The molecule has 3 N–H and O–H groups in total. The third-order valence-corrected chi connectivity index (χ3v) is 3.46. The van der Waals surface area contributed by atoms with Crippen molar-refractivity contribution in [3.63, 3.8) is 0 Å². The van der Waals surface area contributed by atoms with Crippen molar-refractivity contribution in [1.29, 1.82) is 0 Å². The molecule has 1 aliphatic heterocycles. The number of rotatable bonds is 4. The Balaban J connectivity index is 2.09. The highest BCUT2D eigenvalue weighted by atomic mass is 35.5. The van der Waals surface area contributed by atoms with Gasteiger partial charge in [-0.2, -0.15) is 0 Å². The first kappa shape index (κ1) is 15.0. The highest BCUT2D eigenvalue weighted by molar-refractivity contribution is 6.33. The van der Waals surface area contributed by atoms with Gasteiger partial charge in [-0.25, -0.2) is 4.98 Å². The minimum atomic E-state index is -0.895. The molecule has 7 heteroatoms. The maximum Gasteiger partial charge on any atom is 0.255 e. The van der Waals surface area contributed by atoms with E-state index in [4.69, 9.17) is 11.6 Å². The van der Waals surface area contributed by atoms with Crippen LogP contribution in [0.3, 0.4) is 0 Å². The van der Waals surface area contributed by atoms with Crippen LogP contribution in [0, 0.1) is 0 Å². The molecule has 1 aromatic heterocycles. The highest BCUT2D eigenvalue weighted by Gasteiger charge is 2.33. The number of aliphatic hydroxyl groups is 2. The van der Waals surface area contributed by atoms with E-state index in [0.717, 1.165) is 13.0 Å². The first-order valence-corrected chi connectivity index (χ1v) is 6.95. The molecule has 1 saturated heterocycles. The number of halogens is 1. The number of carbonyl (C=O) groups is 1. The minimum Gasteiger partial charge on any atom is -0.388 e. The lowest BCUT2D eigenvalue weighted by Crippen LogP contribution is -2.30. The van der Waals surface area contributed by atoms with Gasteiger partial charge in [-0.15, -0.1) is 0 Å². The number of nitrogens with one attached hydrogen (secondary N) is 1. The second kappa shape index (κ2) is 6.39. The molecule has 2 heterocycles. The summed E-state index contributed by atoms with van der Waals surface area (Å²) in [5, 5.41) is 22.4. The predicted octanol–water partition coefficient (Wildman–Crippen LogP) is 0.734. The number of nitrogens with zero attached hydrogens (tertiary/aromatic N) is 2. The molecule has 1 aliphatic rings. The molecule has 0 aromatic carbocycles. The van der Waals surface area contributed by atoms with E-state index >= 15 is 0 Å². The summed E-state index contributed by atoms with van der Waals surface area (Å²) < 4.78 is 0. The van der Waals surface area contributed by atoms with Gasteiger partial charge in [0.05, 0.1) is 22.8 Å². The molecule has 6 nitrogen and oxygen atoms in total. The molecule has 1 fully saturated rings. The van der Waals surface area contributed by atoms with Crippen LogP contribution in [0.1, 0.15) is 23.7 Å². The number of aromatic nitrogens is 1. The summed E-state index contributed by atoms with van der Waals surface area (Å²) in [5.41, 5.74) is 0.346. The van der Waals surface area contributed by atoms with Crippen molar-refractivity contribution in [3.05, 3.63) is 22.8 Å². The number of hydrogen-bond acceptors (Lipinski definition) is 5. The number of amides is 1. The Hall–Kier alpha value is -1.37. The average Bonchev–Trinajstić information content (AvgIpc) is 2.76. The molecule has 0 saturated carbocycles. The van der Waals surface area contributed by atoms with Crippen molar-refractivity contribution in [3.8, 4) is 0 Å². The van der Waals surface area contributed by atoms with Crippen LogP contribution >= 0.6 is 11.6 Å². The molecular weight excluding hydrogens is 282 g/mol. The van der Waals surface area contributed by atoms with Gasteiger partial charge in [0.15, 0.2) is 0 Å². The highest BCUT2D eigenvalue weighted by Crippen LogP contribution is 2.22. The molecule has 20 heavy (non-hydrogen) atoms. The number of β-amino-alcohol motifs (C(OH)–C–C–N with tert-alkyl or cyclic N) is 2. The normalized spacial score (nSPS) is 22.1. The monoisotopic (exact) mass is 299 g/mol. The van der Waals surface area contributed by atoms with Gasteiger partial charge < -0.3 is 20.4 Å². The molecule has 2 rings (SSSR count). The van der Waals surface area contributed by atoms with Gasteiger partial charge in [0.1, 0.15) is 5.82 Å². The van der Waals surface area contributed by atoms with Gasteiger partial charge >= 0.3 is 0 Å². The minimum absolute atomic E-state index is 0.119. The van der Waals surface area contributed by atoms with E-state index in [1.807, 2.05) is 6.92 Å². The topological polar surface area (TPSA) is 85.7 Å². The van der Waals surface area contributed by atoms with Crippen LogP contribution in [0.25, 0.3) is 0 Å². The van der Waals surface area contributed by atoms with Crippen LogP contribution in [-0.4, -0.2) is 57.8 Å². The summed E-state index contributed by atoms with van der Waals surface area (Å²) in [7, 11) is 0. The Labute approximate surface area is 122 Å². The van der Waals surface area contributed by atoms with Crippen molar-refractivity contribution >= 4 is 23.3 Å². The third kappa shape index (κ3) is 3.20. The van der Waals surface area contributed by atoms with Gasteiger partial charge in [-0.3, -0.25) is 4.79 Å². The first-order valence-electron chi connectivity index (χ1n) is 6.57. The van der Waals surface area contributed by atoms with Gasteiger partial charge in [-0.05, 0) is 12.5 Å². The van der Waals surface area contributed by atoms with Gasteiger partial charge in [0, 0.05) is 25.8 Å². The van der Waals surface area contributed by atoms with Gasteiger partial charge in [0.25, 0.3) is 5.91 Å². The molecule has 0 spiro atoms. The number of anilines is 1. The van der Waals surface area contributed by atoms with Crippen LogP contribution in [0.15, 0.2) is 12.3 Å². The molecule has 1 aromatic rings. The number of hydrogen-bond donors (Lipinski definition) is 3. The van der Waals surface area contributed by atoms with E-state index in [1.54, 1.807) is 6.07 Å². The molecule has 2 atom stereocenters. The fourth-order valence-electron chi connectivity index (χ4n) is 2.05. The Kier molecular flexibility index (Phi) is 4.80. The van der Waals surface area contributed by atoms with Gasteiger partial charge in [0.2, 0.25) is 0 Å². The zero-order valence-electron chi connectivity index (χ0n) is 11.2. The quantitative estimate of drug-likeness (QED) is 0.763. The van der Waals surface area contributed by atoms with Crippen LogP contribution in [0.2, 0.25) is 5.02 Å². The van der Waals surface area contributed by atoms with Crippen molar-refractivity contribution < 1.29 is 15.0 Å². The maximum atomic E-state index is 12.2. The van der Waals surface area contributed by atoms with Crippen LogP contribution in [0.5, 0.6) is 0 Å². The first-order chi connectivity index (χ1) is 9.52. The summed E-state index contributed by atoms with van der Waals surface area (Å²) in [6.07, 6.45) is 0.603. The fourth-order valence-corrected chi connectivity index (χ4v) is 2.28. The zero-order valence-corrected chi connectivity index (χ0v) is 12.0. The third-order valence-electron chi connectivity index (χ3n) is 3.18. The van der Waals surface area contributed by atoms with Gasteiger partial charge in [-0.1, -0.05) is 18.5 Å². The lowest BCUT2D eigenvalue weighted by atomic mass is 10.2. The molecule has 0 bridgehead atoms. The second-order valence-electron chi connectivity index (χ2n) is 4.83. The molecule has 2 unspecified atom stereocenters. The van der Waals surface area contributed by atoms with Crippen molar-refractivity contribution in [1.82, 2.24) is 9.88 Å². The van der Waals surface area contributed by atoms with E-state index in [-0.39, 0.29) is 19.0 Å². The predicted molar refractivity (Wildman–Crippen MR) is 75.9 cm³/mol. The zero-order chi connectivity index (χ0) is 14.7. The molecule has 110 valence electrons. The van der Waals surface area contributed by atoms with E-state index in [2.05, 4.69) is 10.3 Å². The number of aliphatic hydroxyl groups excluding tert-OH is 2. The molecular formula is C13H18ClN3O3. The fraction of sp³-hybridized carbons (Fsp3) is 0.538. The Morgan fingerprint density at radius 3 is 2.70 bits per heavy atom. The van der Waals surface area contributed by atoms with Crippen molar-refractivity contribution in [2.75, 3.05) is 25.0 Å². The van der Waals surface area contributed by atoms with Crippen molar-refractivity contribution in [2.45, 2.75) is 25.6 Å². The Bertz CT molecular complexity index is 488. The summed E-state index contributed by atoms with van der Waals surface area (Å²) in [6, 6.07) is 1.55. The van der Waals surface area contributed by atoms with Crippen molar-refractivity contribution in [2.24, 2.45) is 0 Å². The largest absolute Gasteiger partial charge is 0.388 e. The van der Waals surface area contributed by atoms with E-state index < -0.39 is 12.2 Å². The van der Waals surface area contributed by atoms with Crippen LogP contribution < -0.4 is 5.32 Å². The van der Waals surface area contributed by atoms with Crippen LogP contribution in [0.4, 0.5) is 5.82 Å². The molecule has 0 radical (unpaired) electrons. The van der Waals surface area contributed by atoms with E-state index in [1.165, 1.54) is 11.1 Å². The number of carbonyl (C=O) groups excluding carboxylic acids is 1. The molecule has 0 aliphatic carbocycles. The average molecular weight is 300 g/mol. The summed E-state index contributed by atoms with van der Waals surface area (Å²) in [4.78, 5) is 17.7. The standard InChI is InChI=1S/C13H18ClN3O3/c1-2-3-15-12-9(14)4-8(5-16-12)13(20)17-6-10(18)11(19)7-17/h4-5,10-11,18-19H,2-3,6-7H2,1H3,(H,15,16). The van der Waals surface area contributed by atoms with Crippen LogP contribution in [-0.2, 0) is 0 Å². The Morgan fingerprint density at radius 1 is 1.50 bits per heavy atom. The van der Waals surface area contributed by atoms with E-state index in [9.17, 15) is 15.0 Å². The maximum absolute atomic E-state index is 12.2. The summed E-state index contributed by atoms with van der Waals surface area (Å²) in [5.74, 6) is 0.253. The SMILES string of the molecule is CCCNc1ncc(C(=O)N2CC(O)C(O)C2)cc1Cl. The summed E-state index contributed by atoms with van der Waals surface area (Å²) in [6.45, 7) is 3.02. The second-order valence-corrected chi connectivity index (χ2v) is 5.23. The number of likely N-dealkylation sites (tertiary alicyclic amines) is 1. The summed E-state index contributed by atoms with van der Waals surface area (Å²) >= 11 is 6.08. The lowest BCUT2D eigenvalue weighted by Gasteiger charge is -2.16.